The van der Waals surface area contributed by atoms with Crippen molar-refractivity contribution < 1.29 is 4.79 Å². The molecule has 6 nitrogen and oxygen atoms in total. The zero-order valence-corrected chi connectivity index (χ0v) is 11.6. The average molecular weight is 275 g/mol. The molecule has 1 aromatic heterocycles. The second kappa shape index (κ2) is 5.66. The summed E-state index contributed by atoms with van der Waals surface area (Å²) in [5.74, 6) is 1.12. The van der Waals surface area contributed by atoms with Crippen molar-refractivity contribution >= 4 is 17.4 Å². The molecule has 0 atom stereocenters. The summed E-state index contributed by atoms with van der Waals surface area (Å²) >= 11 is 0. The zero-order valence-electron chi connectivity index (χ0n) is 11.6. The molecule has 2 aliphatic rings. The molecule has 6 heteroatoms. The molecule has 108 valence electrons. The normalized spacial score (nSPS) is 19.9. The number of amides is 1. The molecule has 3 rings (SSSR count). The lowest BCUT2D eigenvalue weighted by atomic mass is 10.3. The summed E-state index contributed by atoms with van der Waals surface area (Å²) in [6.45, 7) is 4.09. The highest BCUT2D eigenvalue weighted by Crippen LogP contribution is 2.18. The molecule has 0 bridgehead atoms. The smallest absolute Gasteiger partial charge is 0.234 e. The Bertz CT molecular complexity index is 463. The van der Waals surface area contributed by atoms with Gasteiger partial charge in [-0.1, -0.05) is 0 Å². The third-order valence-electron chi connectivity index (χ3n) is 3.78. The molecule has 0 aromatic carbocycles. The van der Waals surface area contributed by atoms with Crippen molar-refractivity contribution in [3.63, 3.8) is 0 Å². The van der Waals surface area contributed by atoms with E-state index in [2.05, 4.69) is 20.1 Å². The highest BCUT2D eigenvalue weighted by Gasteiger charge is 2.25. The molecule has 1 aromatic rings. The van der Waals surface area contributed by atoms with Crippen molar-refractivity contribution in [2.24, 2.45) is 0 Å². The van der Waals surface area contributed by atoms with Gasteiger partial charge in [0.25, 0.3) is 0 Å². The van der Waals surface area contributed by atoms with E-state index in [4.69, 9.17) is 5.73 Å². The van der Waals surface area contributed by atoms with E-state index in [0.717, 1.165) is 44.8 Å². The van der Waals surface area contributed by atoms with Gasteiger partial charge in [-0.25, -0.2) is 4.98 Å². The van der Waals surface area contributed by atoms with E-state index < -0.39 is 0 Å². The number of carbonyl (C=O) groups is 1. The number of nitrogen functional groups attached to an aromatic ring is 1. The van der Waals surface area contributed by atoms with Gasteiger partial charge in [0.05, 0.1) is 18.4 Å². The number of nitrogens with zero attached hydrogens (tertiary/aromatic N) is 3. The Morgan fingerprint density at radius 3 is 2.65 bits per heavy atom. The first-order valence-electron chi connectivity index (χ1n) is 7.19. The maximum Gasteiger partial charge on any atom is 0.234 e. The van der Waals surface area contributed by atoms with Gasteiger partial charge >= 0.3 is 0 Å². The van der Waals surface area contributed by atoms with Crippen molar-refractivity contribution in [2.75, 3.05) is 43.4 Å². The van der Waals surface area contributed by atoms with Crippen molar-refractivity contribution in [1.82, 2.24) is 15.2 Å². The maximum atomic E-state index is 11.8. The summed E-state index contributed by atoms with van der Waals surface area (Å²) in [4.78, 5) is 20.5. The number of hydrogen-bond donors (Lipinski definition) is 2. The fraction of sp³-hybridized carbons (Fsp3) is 0.571. The lowest BCUT2D eigenvalue weighted by Crippen LogP contribution is -2.49. The Balaban J connectivity index is 1.46. The molecule has 1 aliphatic carbocycles. The molecule has 0 spiro atoms. The van der Waals surface area contributed by atoms with Crippen LogP contribution in [0.15, 0.2) is 18.3 Å². The first kappa shape index (κ1) is 13.2. The standard InChI is InChI=1S/C14H21N5O/c15-11-1-4-13(16-9-11)19-7-5-18(6-8-19)10-14(20)17-12-2-3-12/h1,4,9,12H,2-3,5-8,10,15H2,(H,17,20). The number of carbonyl (C=O) groups excluding carboxylic acids is 1. The molecule has 0 unspecified atom stereocenters. The number of hydrogen-bond acceptors (Lipinski definition) is 5. The molecule has 0 radical (unpaired) electrons. The Labute approximate surface area is 118 Å². The van der Waals surface area contributed by atoms with Crippen LogP contribution in [-0.4, -0.2) is 54.6 Å². The Kier molecular flexibility index (Phi) is 3.73. The first-order chi connectivity index (χ1) is 9.70. The van der Waals surface area contributed by atoms with Crippen LogP contribution in [0.3, 0.4) is 0 Å². The molecule has 2 fully saturated rings. The van der Waals surface area contributed by atoms with Crippen molar-refractivity contribution in [2.45, 2.75) is 18.9 Å². The van der Waals surface area contributed by atoms with Crippen molar-refractivity contribution in [1.29, 1.82) is 0 Å². The van der Waals surface area contributed by atoms with E-state index in [9.17, 15) is 4.79 Å². The number of piperazine rings is 1. The van der Waals surface area contributed by atoms with E-state index >= 15 is 0 Å². The Hall–Kier alpha value is -1.82. The predicted octanol–water partition coefficient (Wildman–Crippen LogP) is 0.0644. The summed E-state index contributed by atoms with van der Waals surface area (Å²) in [6, 6.07) is 4.27. The second-order valence-electron chi connectivity index (χ2n) is 5.55. The van der Waals surface area contributed by atoms with Crippen LogP contribution in [0.25, 0.3) is 0 Å². The van der Waals surface area contributed by atoms with Gasteiger partial charge in [-0.05, 0) is 25.0 Å². The monoisotopic (exact) mass is 275 g/mol. The van der Waals surface area contributed by atoms with E-state index in [1.807, 2.05) is 12.1 Å². The van der Waals surface area contributed by atoms with Gasteiger partial charge in [0.2, 0.25) is 5.91 Å². The van der Waals surface area contributed by atoms with Crippen LogP contribution in [0.4, 0.5) is 11.5 Å². The summed E-state index contributed by atoms with van der Waals surface area (Å²) in [6.07, 6.45) is 3.97. The van der Waals surface area contributed by atoms with Gasteiger partial charge in [0.15, 0.2) is 0 Å². The van der Waals surface area contributed by atoms with Gasteiger partial charge in [-0.3, -0.25) is 9.69 Å². The first-order valence-corrected chi connectivity index (χ1v) is 7.19. The Morgan fingerprint density at radius 2 is 2.05 bits per heavy atom. The highest BCUT2D eigenvalue weighted by molar-refractivity contribution is 5.78. The number of rotatable bonds is 4. The fourth-order valence-corrected chi connectivity index (χ4v) is 2.42. The van der Waals surface area contributed by atoms with Gasteiger partial charge in [0.1, 0.15) is 5.82 Å². The molecule has 1 saturated heterocycles. The van der Waals surface area contributed by atoms with Gasteiger partial charge < -0.3 is 16.0 Å². The van der Waals surface area contributed by atoms with Crippen molar-refractivity contribution in [3.8, 4) is 0 Å². The largest absolute Gasteiger partial charge is 0.397 e. The number of pyridine rings is 1. The minimum Gasteiger partial charge on any atom is -0.397 e. The van der Waals surface area contributed by atoms with Crippen LogP contribution in [-0.2, 0) is 4.79 Å². The molecular weight excluding hydrogens is 254 g/mol. The number of nitrogens with two attached hydrogens (primary N) is 1. The van der Waals surface area contributed by atoms with E-state index in [1.54, 1.807) is 6.20 Å². The molecule has 2 heterocycles. The lowest BCUT2D eigenvalue weighted by Gasteiger charge is -2.35. The third-order valence-corrected chi connectivity index (χ3v) is 3.78. The zero-order chi connectivity index (χ0) is 13.9. The number of aromatic nitrogens is 1. The Morgan fingerprint density at radius 1 is 1.30 bits per heavy atom. The molecular formula is C14H21N5O. The highest BCUT2D eigenvalue weighted by atomic mass is 16.2. The summed E-state index contributed by atoms with van der Waals surface area (Å²) < 4.78 is 0. The third kappa shape index (κ3) is 3.39. The number of nitrogens with one attached hydrogen (secondary N) is 1. The van der Waals surface area contributed by atoms with Crippen LogP contribution in [0.5, 0.6) is 0 Å². The topological polar surface area (TPSA) is 74.5 Å². The van der Waals surface area contributed by atoms with Gasteiger partial charge in [0, 0.05) is 32.2 Å². The van der Waals surface area contributed by atoms with Crippen LogP contribution in [0.2, 0.25) is 0 Å². The molecule has 3 N–H and O–H groups in total. The van der Waals surface area contributed by atoms with Gasteiger partial charge in [-0.2, -0.15) is 0 Å². The second-order valence-corrected chi connectivity index (χ2v) is 5.55. The fourth-order valence-electron chi connectivity index (χ4n) is 2.42. The quantitative estimate of drug-likeness (QED) is 0.813. The lowest BCUT2D eigenvalue weighted by molar-refractivity contribution is -0.122. The predicted molar refractivity (Wildman–Crippen MR) is 78.5 cm³/mol. The molecule has 20 heavy (non-hydrogen) atoms. The van der Waals surface area contributed by atoms with E-state index in [-0.39, 0.29) is 5.91 Å². The van der Waals surface area contributed by atoms with Crippen molar-refractivity contribution in [3.05, 3.63) is 18.3 Å². The molecule has 1 aliphatic heterocycles. The van der Waals surface area contributed by atoms with Crippen LogP contribution >= 0.6 is 0 Å². The molecule has 1 saturated carbocycles. The van der Waals surface area contributed by atoms with Crippen LogP contribution in [0.1, 0.15) is 12.8 Å². The van der Waals surface area contributed by atoms with Crippen LogP contribution < -0.4 is 16.0 Å². The van der Waals surface area contributed by atoms with E-state index in [0.29, 0.717) is 18.3 Å². The minimum atomic E-state index is 0.159. The molecule has 1 amide bonds. The van der Waals surface area contributed by atoms with E-state index in [1.165, 1.54) is 0 Å². The SMILES string of the molecule is Nc1ccc(N2CCN(CC(=O)NC3CC3)CC2)nc1. The van der Waals surface area contributed by atoms with Gasteiger partial charge in [-0.15, -0.1) is 0 Å². The summed E-state index contributed by atoms with van der Waals surface area (Å²) in [5.41, 5.74) is 6.33. The summed E-state index contributed by atoms with van der Waals surface area (Å²) in [5, 5.41) is 3.03. The summed E-state index contributed by atoms with van der Waals surface area (Å²) in [7, 11) is 0. The minimum absolute atomic E-state index is 0.159. The number of anilines is 2. The maximum absolute atomic E-state index is 11.8. The average Bonchev–Trinajstić information content (AvgIpc) is 3.24. The van der Waals surface area contributed by atoms with Crippen LogP contribution in [0, 0.1) is 0 Å².